The van der Waals surface area contributed by atoms with Crippen molar-refractivity contribution in [3.05, 3.63) is 0 Å². The van der Waals surface area contributed by atoms with Crippen LogP contribution in [-0.4, -0.2) is 40.6 Å². The zero-order valence-corrected chi connectivity index (χ0v) is 7.89. The van der Waals surface area contributed by atoms with Gasteiger partial charge in [0.1, 0.15) is 0 Å². The summed E-state index contributed by atoms with van der Waals surface area (Å²) in [6.07, 6.45) is 0. The summed E-state index contributed by atoms with van der Waals surface area (Å²) in [5, 5.41) is 0. The van der Waals surface area contributed by atoms with Crippen LogP contribution in [0.4, 0.5) is 0 Å². The molecule has 4 heteroatoms. The number of rotatable bonds is 3. The first-order chi connectivity index (χ1) is 4.79. The van der Waals surface area contributed by atoms with E-state index < -0.39 is 8.72 Å². The van der Waals surface area contributed by atoms with E-state index in [-0.39, 0.29) is 0 Å². The predicted molar refractivity (Wildman–Crippen MR) is 41.8 cm³/mol. The molecule has 3 nitrogen and oxygen atoms in total. The highest BCUT2D eigenvalue weighted by Crippen LogP contribution is 2.26. The van der Waals surface area contributed by atoms with Crippen LogP contribution in [0.2, 0.25) is 6.04 Å². The molecule has 0 aromatic rings. The molecule has 0 aromatic heterocycles. The molecule has 0 saturated carbocycles. The fourth-order valence-corrected chi connectivity index (χ4v) is 3.88. The lowest BCUT2D eigenvalue weighted by molar-refractivity contribution is 0.129. The summed E-state index contributed by atoms with van der Waals surface area (Å²) in [5.74, 6) is 0. The molecule has 10 heavy (non-hydrogen) atoms. The minimum Gasteiger partial charge on any atom is -0.386 e. The van der Waals surface area contributed by atoms with Gasteiger partial charge in [-0.15, -0.1) is 0 Å². The minimum atomic E-state index is -1.79. The third-order valence-electron chi connectivity index (χ3n) is 2.20. The normalized spacial score (nSPS) is 24.3. The molecule has 60 valence electrons. The minimum absolute atomic E-state index is 1.05. The second-order valence-corrected chi connectivity index (χ2v) is 5.82. The standard InChI is InChI=1S/C6H15NO2Si/c1-4-7-5-6-10(7,8-2)9-3/h4-6H2,1-3H3. The highest BCUT2D eigenvalue weighted by atomic mass is 28.4. The van der Waals surface area contributed by atoms with Crippen molar-refractivity contribution in [3.8, 4) is 0 Å². The van der Waals surface area contributed by atoms with E-state index >= 15 is 0 Å². The van der Waals surface area contributed by atoms with E-state index in [1.807, 2.05) is 0 Å². The number of hydrogen-bond donors (Lipinski definition) is 0. The predicted octanol–water partition coefficient (Wildman–Crippen LogP) is 0.554. The Kier molecular flexibility index (Phi) is 2.46. The van der Waals surface area contributed by atoms with Crippen LogP contribution in [0.3, 0.4) is 0 Å². The number of hydrogen-bond acceptors (Lipinski definition) is 3. The first kappa shape index (κ1) is 8.20. The molecule has 1 aliphatic heterocycles. The Morgan fingerprint density at radius 3 is 2.10 bits per heavy atom. The zero-order valence-electron chi connectivity index (χ0n) is 6.89. The topological polar surface area (TPSA) is 21.7 Å². The van der Waals surface area contributed by atoms with Crippen molar-refractivity contribution in [2.75, 3.05) is 27.3 Å². The molecule has 0 N–H and O–H groups in total. The molecular formula is C6H15NO2Si. The summed E-state index contributed by atoms with van der Waals surface area (Å²) in [6, 6.07) is 1.12. The van der Waals surface area contributed by atoms with Gasteiger partial charge in [-0.1, -0.05) is 6.92 Å². The molecule has 1 aliphatic rings. The van der Waals surface area contributed by atoms with Crippen LogP contribution in [0.25, 0.3) is 0 Å². The molecular weight excluding hydrogens is 146 g/mol. The maximum Gasteiger partial charge on any atom is 0.428 e. The van der Waals surface area contributed by atoms with E-state index in [1.54, 1.807) is 14.2 Å². The quantitative estimate of drug-likeness (QED) is 0.564. The van der Waals surface area contributed by atoms with Crippen molar-refractivity contribution in [2.24, 2.45) is 0 Å². The van der Waals surface area contributed by atoms with Gasteiger partial charge in [-0.3, -0.25) is 4.57 Å². The summed E-state index contributed by atoms with van der Waals surface area (Å²) in [4.78, 5) is 0. The molecule has 1 saturated heterocycles. The van der Waals surface area contributed by atoms with Crippen LogP contribution < -0.4 is 0 Å². The van der Waals surface area contributed by atoms with Crippen LogP contribution in [-0.2, 0) is 8.85 Å². The fourth-order valence-electron chi connectivity index (χ4n) is 1.40. The van der Waals surface area contributed by atoms with Crippen LogP contribution in [0, 0.1) is 0 Å². The number of nitrogens with zero attached hydrogens (tertiary/aromatic N) is 1. The van der Waals surface area contributed by atoms with Gasteiger partial charge in [0.05, 0.1) is 0 Å². The van der Waals surface area contributed by atoms with Gasteiger partial charge >= 0.3 is 8.72 Å². The third kappa shape index (κ3) is 1.01. The molecule has 0 atom stereocenters. The Labute approximate surface area is 63.3 Å². The summed E-state index contributed by atoms with van der Waals surface area (Å²) < 4.78 is 13.0. The molecule has 1 heterocycles. The van der Waals surface area contributed by atoms with Crippen molar-refractivity contribution < 1.29 is 8.85 Å². The summed E-state index contributed by atoms with van der Waals surface area (Å²) in [6.45, 7) is 4.33. The summed E-state index contributed by atoms with van der Waals surface area (Å²) in [5.41, 5.74) is 0. The summed E-state index contributed by atoms with van der Waals surface area (Å²) >= 11 is 0. The highest BCUT2D eigenvalue weighted by Gasteiger charge is 2.50. The maximum absolute atomic E-state index is 5.37. The van der Waals surface area contributed by atoms with Gasteiger partial charge in [0.2, 0.25) is 0 Å². The maximum atomic E-state index is 5.37. The molecule has 0 aliphatic carbocycles. The second kappa shape index (κ2) is 3.00. The van der Waals surface area contributed by atoms with E-state index in [2.05, 4.69) is 11.5 Å². The first-order valence-electron chi connectivity index (χ1n) is 3.64. The molecule has 0 unspecified atom stereocenters. The Morgan fingerprint density at radius 1 is 1.40 bits per heavy atom. The average Bonchev–Trinajstić information content (AvgIpc) is 1.90. The van der Waals surface area contributed by atoms with Gasteiger partial charge in [0.25, 0.3) is 0 Å². The Balaban J connectivity index is 2.48. The highest BCUT2D eigenvalue weighted by molar-refractivity contribution is 6.67. The van der Waals surface area contributed by atoms with E-state index in [9.17, 15) is 0 Å². The van der Waals surface area contributed by atoms with Crippen LogP contribution >= 0.6 is 0 Å². The van der Waals surface area contributed by atoms with Crippen molar-refractivity contribution >= 4 is 8.72 Å². The third-order valence-corrected chi connectivity index (χ3v) is 5.83. The molecule has 1 fully saturated rings. The lowest BCUT2D eigenvalue weighted by atomic mass is 10.6. The van der Waals surface area contributed by atoms with E-state index in [0.29, 0.717) is 0 Å². The lowest BCUT2D eigenvalue weighted by Gasteiger charge is -2.45. The Bertz CT molecular complexity index is 109. The summed E-state index contributed by atoms with van der Waals surface area (Å²) in [7, 11) is 1.71. The van der Waals surface area contributed by atoms with Crippen molar-refractivity contribution in [3.63, 3.8) is 0 Å². The SMILES string of the molecule is CCN1CC[Si]1(OC)OC. The van der Waals surface area contributed by atoms with Gasteiger partial charge in [-0.05, 0) is 13.1 Å². The zero-order chi connectivity index (χ0) is 7.61. The average molecular weight is 161 g/mol. The van der Waals surface area contributed by atoms with E-state index in [4.69, 9.17) is 8.85 Å². The van der Waals surface area contributed by atoms with Crippen LogP contribution in [0.1, 0.15) is 6.92 Å². The Morgan fingerprint density at radius 2 is 2.00 bits per heavy atom. The van der Waals surface area contributed by atoms with E-state index in [1.165, 1.54) is 0 Å². The lowest BCUT2D eigenvalue weighted by Crippen LogP contribution is -2.66. The molecule has 0 spiro atoms. The monoisotopic (exact) mass is 161 g/mol. The van der Waals surface area contributed by atoms with Crippen LogP contribution in [0.5, 0.6) is 0 Å². The fraction of sp³-hybridized carbons (Fsp3) is 1.00. The van der Waals surface area contributed by atoms with Crippen molar-refractivity contribution in [2.45, 2.75) is 13.0 Å². The molecule has 0 bridgehead atoms. The second-order valence-electron chi connectivity index (χ2n) is 2.45. The van der Waals surface area contributed by atoms with E-state index in [0.717, 1.165) is 19.1 Å². The molecule has 0 radical (unpaired) electrons. The molecule has 0 aromatic carbocycles. The van der Waals surface area contributed by atoms with Gasteiger partial charge in [-0.2, -0.15) is 0 Å². The van der Waals surface area contributed by atoms with Crippen LogP contribution in [0.15, 0.2) is 0 Å². The van der Waals surface area contributed by atoms with Gasteiger partial charge in [0.15, 0.2) is 0 Å². The molecule has 1 rings (SSSR count). The van der Waals surface area contributed by atoms with Crippen molar-refractivity contribution in [1.82, 2.24) is 4.57 Å². The smallest absolute Gasteiger partial charge is 0.386 e. The van der Waals surface area contributed by atoms with Gasteiger partial charge in [0, 0.05) is 20.3 Å². The Hall–Kier alpha value is 0.0969. The van der Waals surface area contributed by atoms with Gasteiger partial charge in [-0.25, -0.2) is 0 Å². The largest absolute Gasteiger partial charge is 0.428 e. The van der Waals surface area contributed by atoms with Gasteiger partial charge < -0.3 is 8.85 Å². The first-order valence-corrected chi connectivity index (χ1v) is 5.61. The van der Waals surface area contributed by atoms with Crippen molar-refractivity contribution in [1.29, 1.82) is 0 Å². The molecule has 0 amide bonds.